The summed E-state index contributed by atoms with van der Waals surface area (Å²) in [5.74, 6) is 2.12. The summed E-state index contributed by atoms with van der Waals surface area (Å²) in [5, 5.41) is 0. The maximum atomic E-state index is 12.6. The second-order valence-electron chi connectivity index (χ2n) is 3.47. The molecule has 0 N–H and O–H groups in total. The van der Waals surface area contributed by atoms with Crippen molar-refractivity contribution in [3.8, 4) is 11.5 Å². The third-order valence-electron chi connectivity index (χ3n) is 2.20. The first-order valence-electron chi connectivity index (χ1n) is 5.50. The van der Waals surface area contributed by atoms with Gasteiger partial charge in [0.25, 0.3) is 0 Å². The Labute approximate surface area is 96.4 Å². The molecule has 1 aromatic rings. The molecule has 16 heavy (non-hydrogen) atoms. The lowest BCUT2D eigenvalue weighted by molar-refractivity contribution is 0.322. The van der Waals surface area contributed by atoms with Gasteiger partial charge in [0.2, 0.25) is 0 Å². The van der Waals surface area contributed by atoms with Crippen LogP contribution in [0.25, 0.3) is 0 Å². The van der Waals surface area contributed by atoms with Crippen LogP contribution in [-0.2, 0) is 0 Å². The van der Waals surface area contributed by atoms with Crippen LogP contribution in [0.1, 0.15) is 26.3 Å². The molecule has 0 saturated heterocycles. The van der Waals surface area contributed by atoms with Gasteiger partial charge in [-0.3, -0.25) is 4.39 Å². The standard InChI is InChI=1S/C13H18FO2/c1-4-15-12-6-11(10(3)9-14)7-13(8-12)16-5-2/h6-8H,4-5,9H2,1-3H3. The van der Waals surface area contributed by atoms with E-state index < -0.39 is 6.67 Å². The fourth-order valence-electron chi connectivity index (χ4n) is 1.40. The maximum absolute atomic E-state index is 12.6. The summed E-state index contributed by atoms with van der Waals surface area (Å²) in [6, 6.07) is 5.49. The van der Waals surface area contributed by atoms with E-state index in [2.05, 4.69) is 0 Å². The highest BCUT2D eigenvalue weighted by Gasteiger charge is 2.09. The largest absolute Gasteiger partial charge is 0.494 e. The molecule has 1 rings (SSSR count). The van der Waals surface area contributed by atoms with Crippen molar-refractivity contribution in [2.24, 2.45) is 0 Å². The van der Waals surface area contributed by atoms with Gasteiger partial charge in [0, 0.05) is 12.0 Å². The summed E-state index contributed by atoms with van der Waals surface area (Å²) >= 11 is 0. The van der Waals surface area contributed by atoms with Crippen LogP contribution < -0.4 is 9.47 Å². The molecule has 0 spiro atoms. The lowest BCUT2D eigenvalue weighted by Gasteiger charge is -2.13. The van der Waals surface area contributed by atoms with Crippen LogP contribution in [0, 0.1) is 5.92 Å². The Balaban J connectivity index is 2.97. The van der Waals surface area contributed by atoms with Gasteiger partial charge in [-0.2, -0.15) is 0 Å². The Morgan fingerprint density at radius 1 is 1.06 bits per heavy atom. The minimum atomic E-state index is -0.457. The third kappa shape index (κ3) is 3.40. The van der Waals surface area contributed by atoms with E-state index in [4.69, 9.17) is 9.47 Å². The van der Waals surface area contributed by atoms with Gasteiger partial charge in [0.05, 0.1) is 19.9 Å². The van der Waals surface area contributed by atoms with Crippen LogP contribution in [0.3, 0.4) is 0 Å². The van der Waals surface area contributed by atoms with E-state index in [9.17, 15) is 4.39 Å². The maximum Gasteiger partial charge on any atom is 0.123 e. The summed E-state index contributed by atoms with van der Waals surface area (Å²) < 4.78 is 23.4. The second-order valence-corrected chi connectivity index (χ2v) is 3.47. The van der Waals surface area contributed by atoms with Gasteiger partial charge >= 0.3 is 0 Å². The smallest absolute Gasteiger partial charge is 0.123 e. The molecule has 3 heteroatoms. The average molecular weight is 225 g/mol. The highest BCUT2D eigenvalue weighted by atomic mass is 19.1. The lowest BCUT2D eigenvalue weighted by atomic mass is 10.0. The normalized spacial score (nSPS) is 10.6. The van der Waals surface area contributed by atoms with Crippen molar-refractivity contribution in [2.45, 2.75) is 20.8 Å². The van der Waals surface area contributed by atoms with Gasteiger partial charge in [-0.1, -0.05) is 6.92 Å². The number of rotatable bonds is 6. The van der Waals surface area contributed by atoms with Crippen molar-refractivity contribution in [3.05, 3.63) is 29.7 Å². The van der Waals surface area contributed by atoms with Crippen molar-refractivity contribution in [2.75, 3.05) is 19.9 Å². The molecule has 0 atom stereocenters. The van der Waals surface area contributed by atoms with Crippen LogP contribution in [0.2, 0.25) is 0 Å². The lowest BCUT2D eigenvalue weighted by Crippen LogP contribution is -2.01. The molecule has 0 aliphatic carbocycles. The van der Waals surface area contributed by atoms with E-state index in [1.54, 1.807) is 6.92 Å². The van der Waals surface area contributed by atoms with Gasteiger partial charge in [-0.15, -0.1) is 0 Å². The number of hydrogen-bond acceptors (Lipinski definition) is 2. The molecule has 1 aromatic carbocycles. The van der Waals surface area contributed by atoms with Crippen LogP contribution in [-0.4, -0.2) is 19.9 Å². The minimum absolute atomic E-state index is 0.457. The molecule has 0 saturated carbocycles. The first kappa shape index (κ1) is 12.8. The Hall–Kier alpha value is -1.25. The number of hydrogen-bond donors (Lipinski definition) is 0. The average Bonchev–Trinajstić information content (AvgIpc) is 2.28. The zero-order valence-corrected chi connectivity index (χ0v) is 10.0. The molecule has 2 nitrogen and oxygen atoms in total. The van der Waals surface area contributed by atoms with Gasteiger partial charge in [0.15, 0.2) is 0 Å². The quantitative estimate of drug-likeness (QED) is 0.738. The van der Waals surface area contributed by atoms with Crippen LogP contribution in [0.4, 0.5) is 4.39 Å². The first-order valence-corrected chi connectivity index (χ1v) is 5.50. The summed E-state index contributed by atoms with van der Waals surface area (Å²) in [5.41, 5.74) is 0.830. The van der Waals surface area contributed by atoms with Gasteiger partial charge in [-0.25, -0.2) is 0 Å². The summed E-state index contributed by atoms with van der Waals surface area (Å²) in [6.07, 6.45) is 0. The monoisotopic (exact) mass is 225 g/mol. The van der Waals surface area contributed by atoms with E-state index in [0.717, 1.165) is 17.1 Å². The molecular weight excluding hydrogens is 207 g/mol. The van der Waals surface area contributed by atoms with Gasteiger partial charge < -0.3 is 9.47 Å². The third-order valence-corrected chi connectivity index (χ3v) is 2.20. The Kier molecular flexibility index (Phi) is 5.09. The molecule has 0 aliphatic heterocycles. The summed E-state index contributed by atoms with van der Waals surface area (Å²) in [7, 11) is 0. The van der Waals surface area contributed by atoms with E-state index in [1.165, 1.54) is 0 Å². The molecule has 0 fully saturated rings. The van der Waals surface area contributed by atoms with E-state index in [1.807, 2.05) is 32.0 Å². The van der Waals surface area contributed by atoms with Crippen molar-refractivity contribution in [1.29, 1.82) is 0 Å². The SMILES string of the molecule is CCOc1cc(OCC)cc([C](C)CF)c1. The molecule has 0 heterocycles. The minimum Gasteiger partial charge on any atom is -0.494 e. The predicted octanol–water partition coefficient (Wildman–Crippen LogP) is 3.40. The molecule has 0 bridgehead atoms. The molecule has 0 aromatic heterocycles. The summed E-state index contributed by atoms with van der Waals surface area (Å²) in [6.45, 7) is 6.31. The first-order chi connectivity index (χ1) is 7.71. The van der Waals surface area contributed by atoms with Crippen molar-refractivity contribution in [3.63, 3.8) is 0 Å². The molecule has 0 aliphatic rings. The van der Waals surface area contributed by atoms with Crippen LogP contribution in [0.5, 0.6) is 11.5 Å². The van der Waals surface area contributed by atoms with Crippen LogP contribution >= 0.6 is 0 Å². The number of halogens is 1. The Bertz CT molecular complexity index is 301. The van der Waals surface area contributed by atoms with Crippen LogP contribution in [0.15, 0.2) is 18.2 Å². The second kappa shape index (κ2) is 6.36. The van der Waals surface area contributed by atoms with Crippen molar-refractivity contribution >= 4 is 0 Å². The highest BCUT2D eigenvalue weighted by Crippen LogP contribution is 2.27. The van der Waals surface area contributed by atoms with Gasteiger partial charge in [0.1, 0.15) is 11.5 Å². The zero-order chi connectivity index (χ0) is 12.0. The van der Waals surface area contributed by atoms with E-state index in [0.29, 0.717) is 19.1 Å². The van der Waals surface area contributed by atoms with Crippen molar-refractivity contribution < 1.29 is 13.9 Å². The number of alkyl halides is 1. The Morgan fingerprint density at radius 2 is 1.56 bits per heavy atom. The molecule has 89 valence electrons. The van der Waals surface area contributed by atoms with Gasteiger partial charge in [-0.05, 0) is 31.5 Å². The topological polar surface area (TPSA) is 18.5 Å². The van der Waals surface area contributed by atoms with Crippen molar-refractivity contribution in [1.82, 2.24) is 0 Å². The molecule has 0 unspecified atom stereocenters. The molecule has 0 amide bonds. The zero-order valence-electron chi connectivity index (χ0n) is 10.0. The Morgan fingerprint density at radius 3 is 1.94 bits per heavy atom. The predicted molar refractivity (Wildman–Crippen MR) is 62.8 cm³/mol. The number of benzene rings is 1. The molecular formula is C13H18FO2. The fourth-order valence-corrected chi connectivity index (χ4v) is 1.40. The fraction of sp³-hybridized carbons (Fsp3) is 0.462. The number of ether oxygens (including phenoxy) is 2. The summed E-state index contributed by atoms with van der Waals surface area (Å²) in [4.78, 5) is 0. The highest BCUT2D eigenvalue weighted by molar-refractivity contribution is 5.44. The van der Waals surface area contributed by atoms with E-state index in [-0.39, 0.29) is 0 Å². The van der Waals surface area contributed by atoms with E-state index >= 15 is 0 Å². The molecule has 1 radical (unpaired) electrons.